The van der Waals surface area contributed by atoms with Gasteiger partial charge in [-0.3, -0.25) is 0 Å². The largest absolute Gasteiger partial charge is 0.347 e. The van der Waals surface area contributed by atoms with Crippen LogP contribution in [-0.4, -0.2) is 9.97 Å². The van der Waals surface area contributed by atoms with Crippen LogP contribution in [0.3, 0.4) is 0 Å². The van der Waals surface area contributed by atoms with Crippen molar-refractivity contribution in [2.75, 3.05) is 0 Å². The zero-order valence-corrected chi connectivity index (χ0v) is 9.83. The molecular formula is C12H14ClN3. The molecule has 0 amide bonds. The minimum Gasteiger partial charge on any atom is -0.347 e. The van der Waals surface area contributed by atoms with E-state index in [0.29, 0.717) is 0 Å². The second-order valence-electron chi connectivity index (χ2n) is 3.73. The molecular weight excluding hydrogens is 222 g/mol. The predicted molar refractivity (Wildman–Crippen MR) is 65.3 cm³/mol. The number of hydrogen-bond donors (Lipinski definition) is 2. The normalized spacial score (nSPS) is 12.6. The second kappa shape index (κ2) is 5.14. The maximum atomic E-state index is 5.94. The van der Waals surface area contributed by atoms with Crippen molar-refractivity contribution in [2.45, 2.75) is 19.5 Å². The van der Waals surface area contributed by atoms with E-state index >= 15 is 0 Å². The smallest absolute Gasteiger partial charge is 0.0922 e. The molecule has 84 valence electrons. The molecule has 0 spiro atoms. The number of nitrogens with zero attached hydrogens (tertiary/aromatic N) is 1. The van der Waals surface area contributed by atoms with Crippen molar-refractivity contribution >= 4 is 11.6 Å². The minimum absolute atomic E-state index is 0.266. The van der Waals surface area contributed by atoms with Crippen LogP contribution in [0.25, 0.3) is 0 Å². The molecule has 2 N–H and O–H groups in total. The Hall–Kier alpha value is -1.32. The predicted octanol–water partition coefficient (Wildman–Crippen LogP) is 2.91. The molecule has 0 saturated heterocycles. The highest BCUT2D eigenvalue weighted by Gasteiger charge is 2.05. The van der Waals surface area contributed by atoms with Crippen LogP contribution in [0.1, 0.15) is 24.2 Å². The minimum atomic E-state index is 0.266. The van der Waals surface area contributed by atoms with E-state index < -0.39 is 0 Å². The Balaban J connectivity index is 1.95. The molecule has 1 aromatic heterocycles. The Kier molecular flexibility index (Phi) is 3.59. The Bertz CT molecular complexity index is 439. The third-order valence-corrected chi connectivity index (χ3v) is 2.74. The van der Waals surface area contributed by atoms with E-state index in [1.54, 1.807) is 6.33 Å². The van der Waals surface area contributed by atoms with Crippen LogP contribution in [0.5, 0.6) is 0 Å². The number of nitrogens with one attached hydrogen (secondary N) is 2. The molecule has 1 atom stereocenters. The molecule has 0 saturated carbocycles. The highest BCUT2D eigenvalue weighted by molar-refractivity contribution is 6.30. The number of aromatic nitrogens is 2. The summed E-state index contributed by atoms with van der Waals surface area (Å²) in [5.74, 6) is 0. The Morgan fingerprint density at radius 2 is 2.38 bits per heavy atom. The van der Waals surface area contributed by atoms with Crippen molar-refractivity contribution in [3.63, 3.8) is 0 Å². The van der Waals surface area contributed by atoms with Gasteiger partial charge in [-0.05, 0) is 24.6 Å². The molecule has 3 nitrogen and oxygen atoms in total. The zero-order chi connectivity index (χ0) is 11.4. The van der Waals surface area contributed by atoms with Gasteiger partial charge >= 0.3 is 0 Å². The standard InChI is InChI=1S/C12H14ClN3/c1-9(10-3-2-4-11(13)5-10)15-7-12-6-14-8-16-12/h2-6,8-9,15H,7H2,1H3,(H,14,16)/t9-/m1/s1. The third kappa shape index (κ3) is 2.84. The first-order chi connectivity index (χ1) is 7.75. The van der Waals surface area contributed by atoms with Gasteiger partial charge in [0.2, 0.25) is 0 Å². The first kappa shape index (κ1) is 11.2. The lowest BCUT2D eigenvalue weighted by atomic mass is 10.1. The Morgan fingerprint density at radius 1 is 1.50 bits per heavy atom. The molecule has 0 aliphatic heterocycles. The fourth-order valence-corrected chi connectivity index (χ4v) is 1.74. The van der Waals surface area contributed by atoms with Crippen molar-refractivity contribution in [3.8, 4) is 0 Å². The summed E-state index contributed by atoms with van der Waals surface area (Å²) in [6, 6.07) is 8.16. The van der Waals surface area contributed by atoms with Crippen LogP contribution in [0.2, 0.25) is 5.02 Å². The summed E-state index contributed by atoms with van der Waals surface area (Å²) in [5, 5.41) is 4.17. The molecule has 2 rings (SSSR count). The van der Waals surface area contributed by atoms with Gasteiger partial charge in [0.05, 0.1) is 6.33 Å². The van der Waals surface area contributed by atoms with Gasteiger partial charge in [0, 0.05) is 29.5 Å². The second-order valence-corrected chi connectivity index (χ2v) is 4.17. The topological polar surface area (TPSA) is 40.7 Å². The van der Waals surface area contributed by atoms with E-state index in [0.717, 1.165) is 17.3 Å². The summed E-state index contributed by atoms with van der Waals surface area (Å²) < 4.78 is 0. The molecule has 2 aromatic rings. The van der Waals surface area contributed by atoms with Crippen LogP contribution >= 0.6 is 11.6 Å². The van der Waals surface area contributed by atoms with E-state index in [4.69, 9.17) is 11.6 Å². The fraction of sp³-hybridized carbons (Fsp3) is 0.250. The molecule has 0 aliphatic carbocycles. The van der Waals surface area contributed by atoms with Crippen molar-refractivity contribution in [2.24, 2.45) is 0 Å². The van der Waals surface area contributed by atoms with E-state index in [1.165, 1.54) is 5.56 Å². The molecule has 0 fully saturated rings. The van der Waals surface area contributed by atoms with Crippen molar-refractivity contribution in [1.82, 2.24) is 15.3 Å². The highest BCUT2D eigenvalue weighted by atomic mass is 35.5. The molecule has 0 radical (unpaired) electrons. The Morgan fingerprint density at radius 3 is 3.06 bits per heavy atom. The number of aromatic amines is 1. The molecule has 1 aromatic carbocycles. The summed E-state index contributed by atoms with van der Waals surface area (Å²) in [6.07, 6.45) is 3.50. The number of hydrogen-bond acceptors (Lipinski definition) is 2. The van der Waals surface area contributed by atoms with Gasteiger partial charge in [0.15, 0.2) is 0 Å². The van der Waals surface area contributed by atoms with E-state index in [-0.39, 0.29) is 6.04 Å². The van der Waals surface area contributed by atoms with Crippen LogP contribution in [0.4, 0.5) is 0 Å². The van der Waals surface area contributed by atoms with Gasteiger partial charge in [-0.25, -0.2) is 4.98 Å². The molecule has 4 heteroatoms. The van der Waals surface area contributed by atoms with Gasteiger partial charge in [-0.1, -0.05) is 23.7 Å². The van der Waals surface area contributed by atoms with Crippen LogP contribution in [-0.2, 0) is 6.54 Å². The van der Waals surface area contributed by atoms with Crippen LogP contribution < -0.4 is 5.32 Å². The summed E-state index contributed by atoms with van der Waals surface area (Å²) in [4.78, 5) is 7.03. The number of rotatable bonds is 4. The van der Waals surface area contributed by atoms with Crippen LogP contribution in [0.15, 0.2) is 36.8 Å². The number of imidazole rings is 1. The summed E-state index contributed by atoms with van der Waals surface area (Å²) in [7, 11) is 0. The van der Waals surface area contributed by atoms with Gasteiger partial charge in [0.1, 0.15) is 0 Å². The average Bonchev–Trinajstić information content (AvgIpc) is 2.78. The molecule has 0 unspecified atom stereocenters. The molecule has 1 heterocycles. The van der Waals surface area contributed by atoms with E-state index in [1.807, 2.05) is 24.4 Å². The Labute approximate surface area is 99.9 Å². The van der Waals surface area contributed by atoms with Crippen LogP contribution in [0, 0.1) is 0 Å². The lowest BCUT2D eigenvalue weighted by Crippen LogP contribution is -2.18. The average molecular weight is 236 g/mol. The summed E-state index contributed by atoms with van der Waals surface area (Å²) in [5.41, 5.74) is 2.26. The molecule has 16 heavy (non-hydrogen) atoms. The SMILES string of the molecule is C[C@@H](NCc1cnc[nH]1)c1cccc(Cl)c1. The lowest BCUT2D eigenvalue weighted by molar-refractivity contribution is 0.569. The number of H-pyrrole nitrogens is 1. The monoisotopic (exact) mass is 235 g/mol. The fourth-order valence-electron chi connectivity index (χ4n) is 1.54. The van der Waals surface area contributed by atoms with Gasteiger partial charge < -0.3 is 10.3 Å². The lowest BCUT2D eigenvalue weighted by Gasteiger charge is -2.13. The summed E-state index contributed by atoms with van der Waals surface area (Å²) in [6.45, 7) is 2.88. The van der Waals surface area contributed by atoms with Crippen molar-refractivity contribution < 1.29 is 0 Å². The van der Waals surface area contributed by atoms with E-state index in [9.17, 15) is 0 Å². The van der Waals surface area contributed by atoms with Gasteiger partial charge in [0.25, 0.3) is 0 Å². The number of halogens is 1. The first-order valence-electron chi connectivity index (χ1n) is 5.22. The van der Waals surface area contributed by atoms with Crippen molar-refractivity contribution in [1.29, 1.82) is 0 Å². The maximum absolute atomic E-state index is 5.94. The molecule has 0 aliphatic rings. The first-order valence-corrected chi connectivity index (χ1v) is 5.59. The highest BCUT2D eigenvalue weighted by Crippen LogP contribution is 2.17. The van der Waals surface area contributed by atoms with E-state index in [2.05, 4.69) is 28.3 Å². The summed E-state index contributed by atoms with van der Waals surface area (Å²) >= 11 is 5.94. The quantitative estimate of drug-likeness (QED) is 0.856. The van der Waals surface area contributed by atoms with Gasteiger partial charge in [-0.2, -0.15) is 0 Å². The van der Waals surface area contributed by atoms with Gasteiger partial charge in [-0.15, -0.1) is 0 Å². The molecule has 0 bridgehead atoms. The number of benzene rings is 1. The maximum Gasteiger partial charge on any atom is 0.0922 e. The zero-order valence-electron chi connectivity index (χ0n) is 9.07. The van der Waals surface area contributed by atoms with Crippen molar-refractivity contribution in [3.05, 3.63) is 53.1 Å². The third-order valence-electron chi connectivity index (χ3n) is 2.50.